The van der Waals surface area contributed by atoms with E-state index < -0.39 is 0 Å². The molecule has 0 radical (unpaired) electrons. The SMILES string of the molecule is CCOCCOc1ccc(C(=O)OCC)cc1OCCOC. The third kappa shape index (κ3) is 6.32. The van der Waals surface area contributed by atoms with Gasteiger partial charge in [0.1, 0.15) is 13.2 Å². The van der Waals surface area contributed by atoms with Crippen molar-refractivity contribution in [1.82, 2.24) is 0 Å². The molecule has 22 heavy (non-hydrogen) atoms. The molecule has 0 aromatic heterocycles. The minimum atomic E-state index is -0.389. The number of rotatable bonds is 11. The summed E-state index contributed by atoms with van der Waals surface area (Å²) in [6.07, 6.45) is 0. The molecule has 1 aromatic carbocycles. The number of hydrogen-bond donors (Lipinski definition) is 0. The predicted molar refractivity (Wildman–Crippen MR) is 81.8 cm³/mol. The zero-order valence-electron chi connectivity index (χ0n) is 13.4. The lowest BCUT2D eigenvalue weighted by Gasteiger charge is -2.14. The average Bonchev–Trinajstić information content (AvgIpc) is 2.53. The van der Waals surface area contributed by atoms with Gasteiger partial charge in [-0.3, -0.25) is 0 Å². The van der Waals surface area contributed by atoms with Gasteiger partial charge in [-0.05, 0) is 32.0 Å². The van der Waals surface area contributed by atoms with Crippen LogP contribution in [0.15, 0.2) is 18.2 Å². The smallest absolute Gasteiger partial charge is 0.338 e. The Kier molecular flexibility index (Phi) is 9.02. The second kappa shape index (κ2) is 10.9. The summed E-state index contributed by atoms with van der Waals surface area (Å²) in [5.74, 6) is 0.655. The van der Waals surface area contributed by atoms with Gasteiger partial charge in [0.2, 0.25) is 0 Å². The van der Waals surface area contributed by atoms with E-state index in [2.05, 4.69) is 0 Å². The Morgan fingerprint density at radius 1 is 0.955 bits per heavy atom. The van der Waals surface area contributed by atoms with E-state index in [1.165, 1.54) is 0 Å². The largest absolute Gasteiger partial charge is 0.487 e. The Labute approximate surface area is 131 Å². The molecule has 0 aliphatic rings. The van der Waals surface area contributed by atoms with Gasteiger partial charge in [0.15, 0.2) is 11.5 Å². The number of benzene rings is 1. The summed E-state index contributed by atoms with van der Waals surface area (Å²) in [7, 11) is 1.60. The lowest BCUT2D eigenvalue weighted by molar-refractivity contribution is 0.0525. The third-order valence-corrected chi connectivity index (χ3v) is 2.69. The number of esters is 1. The molecule has 0 aliphatic carbocycles. The molecule has 0 aliphatic heterocycles. The van der Waals surface area contributed by atoms with E-state index in [9.17, 15) is 4.79 Å². The normalized spacial score (nSPS) is 10.3. The number of carbonyl (C=O) groups excluding carboxylic acids is 1. The van der Waals surface area contributed by atoms with Gasteiger partial charge in [-0.15, -0.1) is 0 Å². The standard InChI is InChI=1S/C16H24O6/c1-4-19-9-11-21-14-7-6-13(16(17)20-5-2)12-15(14)22-10-8-18-3/h6-7,12H,4-5,8-11H2,1-3H3. The van der Waals surface area contributed by atoms with Crippen molar-refractivity contribution in [1.29, 1.82) is 0 Å². The van der Waals surface area contributed by atoms with E-state index in [0.29, 0.717) is 56.7 Å². The van der Waals surface area contributed by atoms with Crippen LogP contribution in [-0.4, -0.2) is 52.7 Å². The molecule has 0 bridgehead atoms. The zero-order valence-corrected chi connectivity index (χ0v) is 13.4. The first-order valence-electron chi connectivity index (χ1n) is 7.36. The summed E-state index contributed by atoms with van der Waals surface area (Å²) >= 11 is 0. The van der Waals surface area contributed by atoms with Crippen molar-refractivity contribution in [2.24, 2.45) is 0 Å². The molecular formula is C16H24O6. The maximum absolute atomic E-state index is 11.8. The van der Waals surface area contributed by atoms with Crippen LogP contribution in [0.1, 0.15) is 24.2 Å². The van der Waals surface area contributed by atoms with Crippen LogP contribution in [-0.2, 0) is 14.2 Å². The lowest BCUT2D eigenvalue weighted by atomic mass is 10.2. The number of methoxy groups -OCH3 is 1. The predicted octanol–water partition coefficient (Wildman–Crippen LogP) is 2.30. The molecule has 0 N–H and O–H groups in total. The van der Waals surface area contributed by atoms with E-state index >= 15 is 0 Å². The highest BCUT2D eigenvalue weighted by Crippen LogP contribution is 2.28. The zero-order chi connectivity index (χ0) is 16.2. The van der Waals surface area contributed by atoms with Crippen molar-refractivity contribution < 1.29 is 28.5 Å². The van der Waals surface area contributed by atoms with Crippen molar-refractivity contribution >= 4 is 5.97 Å². The molecule has 0 saturated carbocycles. The van der Waals surface area contributed by atoms with Gasteiger partial charge in [0.25, 0.3) is 0 Å². The van der Waals surface area contributed by atoms with Crippen molar-refractivity contribution in [2.75, 3.05) is 46.8 Å². The van der Waals surface area contributed by atoms with E-state index in [1.54, 1.807) is 32.2 Å². The van der Waals surface area contributed by atoms with Crippen LogP contribution in [0.5, 0.6) is 11.5 Å². The Bertz CT molecular complexity index is 446. The highest BCUT2D eigenvalue weighted by Gasteiger charge is 2.12. The summed E-state index contributed by atoms with van der Waals surface area (Å²) < 4.78 is 26.4. The van der Waals surface area contributed by atoms with E-state index in [0.717, 1.165) is 0 Å². The second-order valence-electron chi connectivity index (χ2n) is 4.27. The third-order valence-electron chi connectivity index (χ3n) is 2.69. The van der Waals surface area contributed by atoms with Crippen molar-refractivity contribution in [3.05, 3.63) is 23.8 Å². The molecule has 1 rings (SSSR count). The van der Waals surface area contributed by atoms with Gasteiger partial charge in [-0.25, -0.2) is 4.79 Å². The molecular weight excluding hydrogens is 288 g/mol. The highest BCUT2D eigenvalue weighted by molar-refractivity contribution is 5.90. The van der Waals surface area contributed by atoms with Gasteiger partial charge in [0.05, 0.1) is 25.4 Å². The fourth-order valence-corrected chi connectivity index (χ4v) is 1.67. The van der Waals surface area contributed by atoms with Crippen LogP contribution in [0.25, 0.3) is 0 Å². The van der Waals surface area contributed by atoms with Crippen LogP contribution in [0.2, 0.25) is 0 Å². The number of ether oxygens (including phenoxy) is 5. The molecule has 0 atom stereocenters. The quantitative estimate of drug-likeness (QED) is 0.461. The first kappa shape index (κ1) is 18.3. The van der Waals surface area contributed by atoms with Crippen LogP contribution >= 0.6 is 0 Å². The van der Waals surface area contributed by atoms with Crippen molar-refractivity contribution in [3.8, 4) is 11.5 Å². The number of carbonyl (C=O) groups is 1. The second-order valence-corrected chi connectivity index (χ2v) is 4.27. The van der Waals surface area contributed by atoms with Gasteiger partial charge in [-0.1, -0.05) is 0 Å². The molecule has 1 aromatic rings. The van der Waals surface area contributed by atoms with Gasteiger partial charge in [-0.2, -0.15) is 0 Å². The van der Waals surface area contributed by atoms with Gasteiger partial charge in [0, 0.05) is 13.7 Å². The van der Waals surface area contributed by atoms with E-state index in [4.69, 9.17) is 23.7 Å². The fourth-order valence-electron chi connectivity index (χ4n) is 1.67. The maximum atomic E-state index is 11.8. The van der Waals surface area contributed by atoms with Crippen LogP contribution in [0.4, 0.5) is 0 Å². The Hall–Kier alpha value is -1.79. The van der Waals surface area contributed by atoms with Crippen molar-refractivity contribution in [2.45, 2.75) is 13.8 Å². The van der Waals surface area contributed by atoms with Crippen LogP contribution < -0.4 is 9.47 Å². The van der Waals surface area contributed by atoms with Crippen molar-refractivity contribution in [3.63, 3.8) is 0 Å². The molecule has 0 saturated heterocycles. The Morgan fingerprint density at radius 3 is 2.36 bits per heavy atom. The topological polar surface area (TPSA) is 63.2 Å². The summed E-state index contributed by atoms with van der Waals surface area (Å²) in [4.78, 5) is 11.8. The average molecular weight is 312 g/mol. The monoisotopic (exact) mass is 312 g/mol. The molecule has 0 spiro atoms. The van der Waals surface area contributed by atoms with Crippen LogP contribution in [0.3, 0.4) is 0 Å². The summed E-state index contributed by atoms with van der Waals surface area (Å²) in [5.41, 5.74) is 0.423. The minimum Gasteiger partial charge on any atom is -0.487 e. The van der Waals surface area contributed by atoms with Gasteiger partial charge < -0.3 is 23.7 Å². The first-order chi connectivity index (χ1) is 10.7. The molecule has 0 heterocycles. The minimum absolute atomic E-state index is 0.325. The molecule has 0 amide bonds. The molecule has 6 nitrogen and oxygen atoms in total. The first-order valence-corrected chi connectivity index (χ1v) is 7.36. The molecule has 0 fully saturated rings. The highest BCUT2D eigenvalue weighted by atomic mass is 16.6. The summed E-state index contributed by atoms with van der Waals surface area (Å²) in [6, 6.07) is 4.96. The Morgan fingerprint density at radius 2 is 1.68 bits per heavy atom. The fraction of sp³-hybridized carbons (Fsp3) is 0.562. The van der Waals surface area contributed by atoms with E-state index in [1.807, 2.05) is 6.92 Å². The summed E-state index contributed by atoms with van der Waals surface area (Å²) in [6.45, 7) is 6.37. The van der Waals surface area contributed by atoms with Crippen LogP contribution in [0, 0.1) is 0 Å². The molecule has 124 valence electrons. The lowest BCUT2D eigenvalue weighted by Crippen LogP contribution is -2.11. The summed E-state index contributed by atoms with van der Waals surface area (Å²) in [5, 5.41) is 0. The maximum Gasteiger partial charge on any atom is 0.338 e. The van der Waals surface area contributed by atoms with E-state index in [-0.39, 0.29) is 5.97 Å². The molecule has 6 heteroatoms. The Balaban J connectivity index is 2.77. The van der Waals surface area contributed by atoms with Gasteiger partial charge >= 0.3 is 5.97 Å². The molecule has 0 unspecified atom stereocenters. The number of hydrogen-bond acceptors (Lipinski definition) is 6.